The second kappa shape index (κ2) is 9.07. The summed E-state index contributed by atoms with van der Waals surface area (Å²) in [5.41, 5.74) is -3.93. The summed E-state index contributed by atoms with van der Waals surface area (Å²) in [7, 11) is -4.64. The Kier molecular flexibility index (Phi) is 6.88. The molecule has 0 saturated heterocycles. The van der Waals surface area contributed by atoms with Crippen molar-refractivity contribution in [1.82, 2.24) is 0 Å². The minimum Gasteiger partial charge on any atom is -0.486 e. The number of hydrogen-bond acceptors (Lipinski definition) is 6. The second-order valence-corrected chi connectivity index (χ2v) is 10.2. The van der Waals surface area contributed by atoms with Gasteiger partial charge in [-0.1, -0.05) is 22.0 Å². The van der Waals surface area contributed by atoms with Gasteiger partial charge in [0, 0.05) is 10.9 Å². The Morgan fingerprint density at radius 1 is 1.12 bits per heavy atom. The standard InChI is InChI=1S/C20H17BrF3NO8S/c21-12-4-5-16-15(7-12)25(9-13(33-16)8-19(10-26,17(27)28)18(29)30)34(31,32)14-3-1-2-11(6-14)20(22,23)24/h1-7,13,26H,8-10H2,(H,27,28)(H,29,30). The maximum absolute atomic E-state index is 13.4. The van der Waals surface area contributed by atoms with Gasteiger partial charge in [-0.25, -0.2) is 8.42 Å². The molecule has 1 aliphatic heterocycles. The molecule has 184 valence electrons. The fourth-order valence-electron chi connectivity index (χ4n) is 3.43. The first kappa shape index (κ1) is 25.8. The quantitative estimate of drug-likeness (QED) is 0.433. The zero-order valence-electron chi connectivity index (χ0n) is 17.0. The highest BCUT2D eigenvalue weighted by Gasteiger charge is 2.50. The van der Waals surface area contributed by atoms with Gasteiger partial charge in [-0.15, -0.1) is 0 Å². The maximum atomic E-state index is 13.4. The van der Waals surface area contributed by atoms with Crippen molar-refractivity contribution in [2.24, 2.45) is 5.41 Å². The van der Waals surface area contributed by atoms with Crippen molar-refractivity contribution in [2.45, 2.75) is 23.6 Å². The summed E-state index contributed by atoms with van der Waals surface area (Å²) in [5, 5.41) is 28.4. The molecule has 2 aromatic carbocycles. The third-order valence-electron chi connectivity index (χ3n) is 5.27. The number of aliphatic hydroxyl groups excluding tert-OH is 1. The molecular formula is C20H17BrF3NO8S. The van der Waals surface area contributed by atoms with Crippen LogP contribution in [0.3, 0.4) is 0 Å². The summed E-state index contributed by atoms with van der Waals surface area (Å²) in [6, 6.07) is 7.22. The van der Waals surface area contributed by atoms with E-state index in [-0.39, 0.29) is 11.4 Å². The Hall–Kier alpha value is -2.84. The minimum absolute atomic E-state index is 0.0525. The summed E-state index contributed by atoms with van der Waals surface area (Å²) in [4.78, 5) is 22.6. The van der Waals surface area contributed by atoms with Gasteiger partial charge in [0.2, 0.25) is 0 Å². The van der Waals surface area contributed by atoms with E-state index in [0.717, 1.165) is 16.4 Å². The van der Waals surface area contributed by atoms with E-state index in [0.29, 0.717) is 16.6 Å². The van der Waals surface area contributed by atoms with E-state index >= 15 is 0 Å². The average Bonchev–Trinajstić information content (AvgIpc) is 2.76. The molecule has 1 heterocycles. The zero-order chi connectivity index (χ0) is 25.5. The van der Waals surface area contributed by atoms with Crippen molar-refractivity contribution in [2.75, 3.05) is 17.5 Å². The molecule has 1 unspecified atom stereocenters. The van der Waals surface area contributed by atoms with Gasteiger partial charge in [0.15, 0.2) is 5.41 Å². The fourth-order valence-corrected chi connectivity index (χ4v) is 5.33. The van der Waals surface area contributed by atoms with Gasteiger partial charge in [-0.05, 0) is 36.4 Å². The molecular weight excluding hydrogens is 551 g/mol. The van der Waals surface area contributed by atoms with Crippen LogP contribution in [0.4, 0.5) is 18.9 Å². The summed E-state index contributed by atoms with van der Waals surface area (Å²) in [6.45, 7) is -1.92. The lowest BCUT2D eigenvalue weighted by atomic mass is 9.82. The minimum atomic E-state index is -4.80. The average molecular weight is 568 g/mol. The van der Waals surface area contributed by atoms with Gasteiger partial charge >= 0.3 is 18.1 Å². The third-order valence-corrected chi connectivity index (χ3v) is 7.54. The van der Waals surface area contributed by atoms with Gasteiger partial charge in [0.1, 0.15) is 11.9 Å². The molecule has 0 fully saturated rings. The lowest BCUT2D eigenvalue weighted by Gasteiger charge is -2.37. The predicted octanol–water partition coefficient (Wildman–Crippen LogP) is 2.96. The van der Waals surface area contributed by atoms with Crippen LogP contribution < -0.4 is 9.04 Å². The van der Waals surface area contributed by atoms with Crippen LogP contribution in [-0.2, 0) is 25.8 Å². The normalized spacial score (nSPS) is 16.5. The van der Waals surface area contributed by atoms with E-state index in [1.165, 1.54) is 18.2 Å². The van der Waals surface area contributed by atoms with Gasteiger partial charge in [-0.2, -0.15) is 13.2 Å². The smallest absolute Gasteiger partial charge is 0.416 e. The van der Waals surface area contributed by atoms with E-state index in [1.807, 2.05) is 0 Å². The van der Waals surface area contributed by atoms with Crippen molar-refractivity contribution in [3.05, 3.63) is 52.5 Å². The van der Waals surface area contributed by atoms with Gasteiger partial charge in [0.05, 0.1) is 29.3 Å². The van der Waals surface area contributed by atoms with Crippen LogP contribution in [0.1, 0.15) is 12.0 Å². The summed E-state index contributed by atoms with van der Waals surface area (Å²) in [6.07, 6.45) is -6.99. The van der Waals surface area contributed by atoms with E-state index in [1.54, 1.807) is 0 Å². The molecule has 0 bridgehead atoms. The molecule has 0 aliphatic carbocycles. The third kappa shape index (κ3) is 4.70. The molecule has 14 heteroatoms. The molecule has 0 amide bonds. The Balaban J connectivity index is 2.10. The van der Waals surface area contributed by atoms with E-state index in [9.17, 15) is 46.5 Å². The van der Waals surface area contributed by atoms with E-state index in [2.05, 4.69) is 15.9 Å². The molecule has 0 saturated carbocycles. The number of sulfonamides is 1. The van der Waals surface area contributed by atoms with Crippen LogP contribution in [0.15, 0.2) is 51.8 Å². The van der Waals surface area contributed by atoms with Crippen LogP contribution in [0.2, 0.25) is 0 Å². The first-order valence-electron chi connectivity index (χ1n) is 9.46. The Bertz CT molecular complexity index is 1220. The molecule has 2 aromatic rings. The number of halogens is 4. The number of alkyl halides is 3. The van der Waals surface area contributed by atoms with Crippen molar-refractivity contribution in [3.63, 3.8) is 0 Å². The zero-order valence-corrected chi connectivity index (χ0v) is 19.4. The van der Waals surface area contributed by atoms with E-state index < -0.39 is 69.7 Å². The molecule has 1 aliphatic rings. The van der Waals surface area contributed by atoms with Gasteiger partial charge in [-0.3, -0.25) is 13.9 Å². The first-order valence-corrected chi connectivity index (χ1v) is 11.7. The highest BCUT2D eigenvalue weighted by Crippen LogP contribution is 2.41. The van der Waals surface area contributed by atoms with Crippen molar-refractivity contribution < 1.29 is 51.2 Å². The first-order chi connectivity index (χ1) is 15.7. The molecule has 34 heavy (non-hydrogen) atoms. The topological polar surface area (TPSA) is 141 Å². The number of fused-ring (bicyclic) bond motifs is 1. The summed E-state index contributed by atoms with van der Waals surface area (Å²) in [5.74, 6) is -3.79. The number of rotatable bonds is 7. The van der Waals surface area contributed by atoms with Crippen LogP contribution >= 0.6 is 15.9 Å². The van der Waals surface area contributed by atoms with Crippen LogP contribution in [-0.4, -0.2) is 54.9 Å². The van der Waals surface area contributed by atoms with E-state index in [4.69, 9.17) is 4.74 Å². The number of aliphatic hydroxyl groups is 1. The summed E-state index contributed by atoms with van der Waals surface area (Å²) >= 11 is 3.18. The Morgan fingerprint density at radius 2 is 1.76 bits per heavy atom. The van der Waals surface area contributed by atoms with Crippen molar-refractivity contribution >= 4 is 43.6 Å². The molecule has 0 aromatic heterocycles. The van der Waals surface area contributed by atoms with Gasteiger partial charge < -0.3 is 20.1 Å². The number of carbonyl (C=O) groups is 2. The number of anilines is 1. The second-order valence-electron chi connectivity index (χ2n) is 7.47. The maximum Gasteiger partial charge on any atom is 0.416 e. The predicted molar refractivity (Wildman–Crippen MR) is 114 cm³/mol. The highest BCUT2D eigenvalue weighted by molar-refractivity contribution is 9.10. The molecule has 3 N–H and O–H groups in total. The molecule has 0 spiro atoms. The number of aliphatic carboxylic acids is 2. The number of benzene rings is 2. The Labute approximate surface area is 199 Å². The van der Waals surface area contributed by atoms with Crippen LogP contribution in [0, 0.1) is 5.41 Å². The SMILES string of the molecule is O=C(O)C(CO)(CC1CN(S(=O)(=O)c2cccc(C(F)(F)F)c2)c2cc(Br)ccc2O1)C(=O)O. The number of carboxylic acids is 2. The fraction of sp³-hybridized carbons (Fsp3) is 0.300. The molecule has 9 nitrogen and oxygen atoms in total. The number of nitrogens with zero attached hydrogens (tertiary/aromatic N) is 1. The van der Waals surface area contributed by atoms with Crippen LogP contribution in [0.25, 0.3) is 0 Å². The van der Waals surface area contributed by atoms with Gasteiger partial charge in [0.25, 0.3) is 10.0 Å². The van der Waals surface area contributed by atoms with Crippen LogP contribution in [0.5, 0.6) is 5.75 Å². The number of hydrogen-bond donors (Lipinski definition) is 3. The molecule has 0 radical (unpaired) electrons. The summed E-state index contributed by atoms with van der Waals surface area (Å²) < 4.78 is 73.0. The highest BCUT2D eigenvalue weighted by atomic mass is 79.9. The lowest BCUT2D eigenvalue weighted by Crippen LogP contribution is -2.51. The number of carboxylic acid groups (broad SMARTS) is 2. The van der Waals surface area contributed by atoms with Crippen molar-refractivity contribution in [1.29, 1.82) is 0 Å². The lowest BCUT2D eigenvalue weighted by molar-refractivity contribution is -0.170. The monoisotopic (exact) mass is 567 g/mol. The largest absolute Gasteiger partial charge is 0.486 e. The number of ether oxygens (including phenoxy) is 1. The molecule has 3 rings (SSSR count). The Morgan fingerprint density at radius 3 is 2.32 bits per heavy atom. The van der Waals surface area contributed by atoms with Crippen molar-refractivity contribution in [3.8, 4) is 5.75 Å². The molecule has 1 atom stereocenters.